The molecule has 68 valence electrons. The Morgan fingerprint density at radius 1 is 1.58 bits per heavy atom. The van der Waals surface area contributed by atoms with Crippen molar-refractivity contribution in [3.63, 3.8) is 0 Å². The maximum atomic E-state index is 5.73. The number of thioether (sulfide) groups is 1. The molecule has 0 aromatic carbocycles. The van der Waals surface area contributed by atoms with Crippen LogP contribution in [0.1, 0.15) is 19.8 Å². The van der Waals surface area contributed by atoms with Gasteiger partial charge in [0.05, 0.1) is 12.6 Å². The maximum absolute atomic E-state index is 5.73. The van der Waals surface area contributed by atoms with Gasteiger partial charge in [0.1, 0.15) is 0 Å². The first-order valence-corrected chi connectivity index (χ1v) is 5.64. The van der Waals surface area contributed by atoms with Gasteiger partial charge in [-0.25, -0.2) is 0 Å². The van der Waals surface area contributed by atoms with Crippen molar-refractivity contribution in [2.24, 2.45) is 4.99 Å². The normalized spacial score (nSPS) is 36.6. The molecule has 0 saturated carbocycles. The third-order valence-electron chi connectivity index (χ3n) is 2.40. The Hall–Kier alpha value is -0.0200. The van der Waals surface area contributed by atoms with E-state index in [1.165, 1.54) is 17.9 Å². The van der Waals surface area contributed by atoms with E-state index in [2.05, 4.69) is 23.7 Å². The molecule has 0 amide bonds. The number of hydrogen-bond acceptors (Lipinski definition) is 3. The largest absolute Gasteiger partial charge is 0.375 e. The Bertz CT molecular complexity index is 193. The summed E-state index contributed by atoms with van der Waals surface area (Å²) in [5.74, 6) is 1.26. The molecule has 0 aromatic heterocycles. The molecule has 0 aliphatic carbocycles. The van der Waals surface area contributed by atoms with Crippen molar-refractivity contribution in [1.29, 1.82) is 0 Å². The van der Waals surface area contributed by atoms with E-state index in [1.54, 1.807) is 0 Å². The predicted octanol–water partition coefficient (Wildman–Crippen LogP) is 1.74. The Kier molecular flexibility index (Phi) is 2.71. The molecule has 0 spiro atoms. The summed E-state index contributed by atoms with van der Waals surface area (Å²) in [6, 6.07) is 0. The highest BCUT2D eigenvalue weighted by Crippen LogP contribution is 2.28. The molecule has 2 nitrogen and oxygen atoms in total. The van der Waals surface area contributed by atoms with E-state index in [9.17, 15) is 0 Å². The average molecular weight is 185 g/mol. The highest BCUT2D eigenvalue weighted by Gasteiger charge is 2.28. The third-order valence-corrected chi connectivity index (χ3v) is 3.83. The van der Waals surface area contributed by atoms with Crippen LogP contribution in [0.2, 0.25) is 0 Å². The molecule has 0 bridgehead atoms. The van der Waals surface area contributed by atoms with Crippen molar-refractivity contribution in [1.82, 2.24) is 0 Å². The van der Waals surface area contributed by atoms with E-state index < -0.39 is 0 Å². The lowest BCUT2D eigenvalue weighted by Crippen LogP contribution is -2.34. The van der Waals surface area contributed by atoms with Crippen LogP contribution in [0.5, 0.6) is 0 Å². The monoisotopic (exact) mass is 185 g/mol. The maximum Gasteiger partial charge on any atom is 0.0892 e. The highest BCUT2D eigenvalue weighted by atomic mass is 32.2. The van der Waals surface area contributed by atoms with Crippen LogP contribution in [0, 0.1) is 0 Å². The number of rotatable bonds is 0. The fourth-order valence-corrected chi connectivity index (χ4v) is 3.03. The summed E-state index contributed by atoms with van der Waals surface area (Å²) < 4.78 is 5.73. The van der Waals surface area contributed by atoms with Gasteiger partial charge in [-0.3, -0.25) is 4.99 Å². The van der Waals surface area contributed by atoms with Crippen molar-refractivity contribution >= 4 is 17.5 Å². The molecule has 1 saturated heterocycles. The minimum Gasteiger partial charge on any atom is -0.375 e. The van der Waals surface area contributed by atoms with Crippen molar-refractivity contribution in [2.75, 3.05) is 18.9 Å². The van der Waals surface area contributed by atoms with Gasteiger partial charge in [-0.05, 0) is 25.5 Å². The first-order chi connectivity index (χ1) is 5.86. The summed E-state index contributed by atoms with van der Waals surface area (Å²) in [6.07, 6.45) is 2.74. The van der Waals surface area contributed by atoms with Crippen LogP contribution in [0.3, 0.4) is 0 Å². The molecule has 2 aliphatic heterocycles. The fourth-order valence-electron chi connectivity index (χ4n) is 1.71. The summed E-state index contributed by atoms with van der Waals surface area (Å²) >= 11 is 2.07. The predicted molar refractivity (Wildman–Crippen MR) is 53.2 cm³/mol. The van der Waals surface area contributed by atoms with Crippen LogP contribution in [0.4, 0.5) is 0 Å². The number of aliphatic imine (C=N–C) groups is 1. The van der Waals surface area contributed by atoms with E-state index in [0.29, 0.717) is 11.4 Å². The quantitative estimate of drug-likeness (QED) is 0.573. The van der Waals surface area contributed by atoms with Crippen molar-refractivity contribution in [2.45, 2.75) is 31.1 Å². The highest BCUT2D eigenvalue weighted by molar-refractivity contribution is 8.00. The first kappa shape index (κ1) is 8.57. The van der Waals surface area contributed by atoms with E-state index in [0.717, 1.165) is 19.6 Å². The molecule has 0 N–H and O–H groups in total. The Morgan fingerprint density at radius 3 is 3.42 bits per heavy atom. The van der Waals surface area contributed by atoms with Gasteiger partial charge in [0.25, 0.3) is 0 Å². The van der Waals surface area contributed by atoms with Crippen LogP contribution in [0.15, 0.2) is 4.99 Å². The van der Waals surface area contributed by atoms with Crippen LogP contribution >= 0.6 is 11.8 Å². The minimum absolute atomic E-state index is 0.404. The zero-order chi connectivity index (χ0) is 8.39. The second kappa shape index (κ2) is 3.79. The van der Waals surface area contributed by atoms with Gasteiger partial charge in [-0.1, -0.05) is 0 Å². The molecule has 3 heteroatoms. The van der Waals surface area contributed by atoms with Crippen LogP contribution < -0.4 is 0 Å². The number of ether oxygens (including phenoxy) is 1. The van der Waals surface area contributed by atoms with E-state index in [-0.39, 0.29) is 0 Å². The zero-order valence-electron chi connectivity index (χ0n) is 7.45. The molecule has 2 unspecified atom stereocenters. The summed E-state index contributed by atoms with van der Waals surface area (Å²) in [7, 11) is 0. The molecule has 2 rings (SSSR count). The molecule has 12 heavy (non-hydrogen) atoms. The standard InChI is InChI=1S/C9H15NOS/c1-7-5-9-8(6-10-7)11-3-2-4-12-9/h8-9H,2-6H2,1H3. The smallest absolute Gasteiger partial charge is 0.0892 e. The molecular formula is C9H15NOS. The van der Waals surface area contributed by atoms with E-state index in [1.807, 2.05) is 0 Å². The van der Waals surface area contributed by atoms with Crippen molar-refractivity contribution in [3.05, 3.63) is 0 Å². The molecule has 2 atom stereocenters. The van der Waals surface area contributed by atoms with Crippen molar-refractivity contribution in [3.8, 4) is 0 Å². The Morgan fingerprint density at radius 2 is 2.50 bits per heavy atom. The van der Waals surface area contributed by atoms with Gasteiger partial charge in [0.15, 0.2) is 0 Å². The molecule has 2 aliphatic rings. The lowest BCUT2D eigenvalue weighted by Gasteiger charge is -2.26. The van der Waals surface area contributed by atoms with Crippen LogP contribution in [-0.4, -0.2) is 36.0 Å². The van der Waals surface area contributed by atoms with Gasteiger partial charge >= 0.3 is 0 Å². The van der Waals surface area contributed by atoms with Crippen LogP contribution in [-0.2, 0) is 4.74 Å². The van der Waals surface area contributed by atoms with Gasteiger partial charge in [-0.15, -0.1) is 0 Å². The van der Waals surface area contributed by atoms with Gasteiger partial charge in [0.2, 0.25) is 0 Å². The SMILES string of the molecule is CC1=NCC2OCCCSC2C1. The summed E-state index contributed by atoms with van der Waals surface area (Å²) in [6.45, 7) is 3.95. The molecular weight excluding hydrogens is 170 g/mol. The lowest BCUT2D eigenvalue weighted by atomic mass is 10.1. The Labute approximate surface area is 77.8 Å². The molecule has 0 aromatic rings. The number of hydrogen-bond donors (Lipinski definition) is 0. The second-order valence-corrected chi connectivity index (χ2v) is 4.80. The fraction of sp³-hybridized carbons (Fsp3) is 0.889. The van der Waals surface area contributed by atoms with Crippen molar-refractivity contribution < 1.29 is 4.74 Å². The molecule has 1 fully saturated rings. The van der Waals surface area contributed by atoms with Gasteiger partial charge in [0, 0.05) is 17.6 Å². The van der Waals surface area contributed by atoms with E-state index in [4.69, 9.17) is 4.74 Å². The third kappa shape index (κ3) is 1.83. The minimum atomic E-state index is 0.404. The molecule has 2 heterocycles. The number of fused-ring (bicyclic) bond motifs is 1. The second-order valence-electron chi connectivity index (χ2n) is 3.45. The first-order valence-electron chi connectivity index (χ1n) is 4.59. The molecule has 0 radical (unpaired) electrons. The number of nitrogens with zero attached hydrogens (tertiary/aromatic N) is 1. The lowest BCUT2D eigenvalue weighted by molar-refractivity contribution is 0.0611. The van der Waals surface area contributed by atoms with Gasteiger partial charge in [-0.2, -0.15) is 11.8 Å². The zero-order valence-corrected chi connectivity index (χ0v) is 8.27. The van der Waals surface area contributed by atoms with E-state index >= 15 is 0 Å². The van der Waals surface area contributed by atoms with Gasteiger partial charge < -0.3 is 4.74 Å². The Balaban J connectivity index is 2.03. The summed E-state index contributed by atoms with van der Waals surface area (Å²) in [5.41, 5.74) is 1.30. The topological polar surface area (TPSA) is 21.6 Å². The average Bonchev–Trinajstić information content (AvgIpc) is 2.28. The summed E-state index contributed by atoms with van der Waals surface area (Å²) in [4.78, 5) is 4.43. The summed E-state index contributed by atoms with van der Waals surface area (Å²) in [5, 5.41) is 0.685. The van der Waals surface area contributed by atoms with Crippen LogP contribution in [0.25, 0.3) is 0 Å².